The molecule has 0 aliphatic carbocycles. The van der Waals surface area contributed by atoms with Gasteiger partial charge in [0, 0.05) is 18.7 Å². The molecule has 1 aliphatic rings. The van der Waals surface area contributed by atoms with Crippen molar-refractivity contribution in [1.82, 2.24) is 9.97 Å². The van der Waals surface area contributed by atoms with Crippen LogP contribution in [0.5, 0.6) is 0 Å². The van der Waals surface area contributed by atoms with E-state index >= 15 is 0 Å². The summed E-state index contributed by atoms with van der Waals surface area (Å²) in [6.07, 6.45) is 4.85. The van der Waals surface area contributed by atoms with E-state index in [1.54, 1.807) is 6.33 Å². The molecule has 1 aromatic heterocycles. The zero-order valence-electron chi connectivity index (χ0n) is 12.6. The van der Waals surface area contributed by atoms with Crippen molar-refractivity contribution >= 4 is 11.6 Å². The van der Waals surface area contributed by atoms with Crippen molar-refractivity contribution < 1.29 is 0 Å². The SMILES string of the molecule is CCCc1c(N)ncnc1N1CCC(C(C)(C)C)C1. The first kappa shape index (κ1) is 14.1. The minimum atomic E-state index is 0.359. The van der Waals surface area contributed by atoms with Crippen LogP contribution in [0.4, 0.5) is 11.6 Å². The van der Waals surface area contributed by atoms with E-state index in [4.69, 9.17) is 5.73 Å². The van der Waals surface area contributed by atoms with Crippen molar-refractivity contribution in [2.45, 2.75) is 47.0 Å². The second kappa shape index (κ2) is 5.35. The fourth-order valence-electron chi connectivity index (χ4n) is 2.84. The van der Waals surface area contributed by atoms with Gasteiger partial charge < -0.3 is 10.6 Å². The highest BCUT2D eigenvalue weighted by molar-refractivity contribution is 5.57. The molecule has 2 N–H and O–H groups in total. The van der Waals surface area contributed by atoms with Crippen LogP contribution in [0.25, 0.3) is 0 Å². The van der Waals surface area contributed by atoms with Gasteiger partial charge >= 0.3 is 0 Å². The zero-order chi connectivity index (χ0) is 14.0. The molecular weight excluding hydrogens is 236 g/mol. The van der Waals surface area contributed by atoms with E-state index in [2.05, 4.69) is 42.6 Å². The summed E-state index contributed by atoms with van der Waals surface area (Å²) in [5.41, 5.74) is 7.50. The molecule has 0 spiro atoms. The Bertz CT molecular complexity index is 436. The normalized spacial score (nSPS) is 20.0. The summed E-state index contributed by atoms with van der Waals surface area (Å²) in [4.78, 5) is 11.0. The maximum atomic E-state index is 6.02. The fourth-order valence-corrected chi connectivity index (χ4v) is 2.84. The first-order chi connectivity index (χ1) is 8.93. The molecular formula is C15H26N4. The molecule has 1 aromatic rings. The van der Waals surface area contributed by atoms with Gasteiger partial charge in [-0.2, -0.15) is 0 Å². The Labute approximate surface area is 116 Å². The van der Waals surface area contributed by atoms with Crippen LogP contribution in [0.2, 0.25) is 0 Å². The van der Waals surface area contributed by atoms with Gasteiger partial charge in [-0.1, -0.05) is 34.1 Å². The molecule has 0 saturated carbocycles. The van der Waals surface area contributed by atoms with Crippen molar-refractivity contribution in [3.8, 4) is 0 Å². The van der Waals surface area contributed by atoms with E-state index < -0.39 is 0 Å². The summed E-state index contributed by atoms with van der Waals surface area (Å²) >= 11 is 0. The predicted molar refractivity (Wildman–Crippen MR) is 80.2 cm³/mol. The van der Waals surface area contributed by atoms with Gasteiger partial charge in [0.25, 0.3) is 0 Å². The molecule has 1 atom stereocenters. The minimum Gasteiger partial charge on any atom is -0.383 e. The third-order valence-electron chi connectivity index (χ3n) is 4.17. The molecule has 1 saturated heterocycles. The highest BCUT2D eigenvalue weighted by Gasteiger charge is 2.33. The van der Waals surface area contributed by atoms with E-state index in [0.717, 1.165) is 43.2 Å². The lowest BCUT2D eigenvalue weighted by Crippen LogP contribution is -2.27. The van der Waals surface area contributed by atoms with Crippen molar-refractivity contribution in [1.29, 1.82) is 0 Å². The Morgan fingerprint density at radius 2 is 2.11 bits per heavy atom. The van der Waals surface area contributed by atoms with E-state index in [0.29, 0.717) is 11.2 Å². The zero-order valence-corrected chi connectivity index (χ0v) is 12.6. The van der Waals surface area contributed by atoms with Gasteiger partial charge in [0.05, 0.1) is 0 Å². The van der Waals surface area contributed by atoms with Gasteiger partial charge in [-0.3, -0.25) is 0 Å². The van der Waals surface area contributed by atoms with E-state index in [9.17, 15) is 0 Å². The van der Waals surface area contributed by atoms with Gasteiger partial charge in [0.2, 0.25) is 0 Å². The summed E-state index contributed by atoms with van der Waals surface area (Å²) < 4.78 is 0. The third kappa shape index (κ3) is 2.99. The molecule has 0 aromatic carbocycles. The van der Waals surface area contributed by atoms with Crippen LogP contribution in [0.15, 0.2) is 6.33 Å². The molecule has 0 bridgehead atoms. The summed E-state index contributed by atoms with van der Waals surface area (Å²) in [5.74, 6) is 2.42. The molecule has 0 radical (unpaired) electrons. The Morgan fingerprint density at radius 1 is 1.37 bits per heavy atom. The van der Waals surface area contributed by atoms with E-state index in [1.165, 1.54) is 6.42 Å². The maximum absolute atomic E-state index is 6.02. The fraction of sp³-hybridized carbons (Fsp3) is 0.733. The second-order valence-corrected chi connectivity index (χ2v) is 6.61. The van der Waals surface area contributed by atoms with E-state index in [1.807, 2.05) is 0 Å². The largest absolute Gasteiger partial charge is 0.383 e. The van der Waals surface area contributed by atoms with Gasteiger partial charge in [-0.25, -0.2) is 9.97 Å². The lowest BCUT2D eigenvalue weighted by molar-refractivity contribution is 0.263. The molecule has 2 heterocycles. The highest BCUT2D eigenvalue weighted by Crippen LogP contribution is 2.36. The Hall–Kier alpha value is -1.32. The monoisotopic (exact) mass is 262 g/mol. The van der Waals surface area contributed by atoms with Crippen LogP contribution in [-0.4, -0.2) is 23.1 Å². The lowest BCUT2D eigenvalue weighted by Gasteiger charge is -2.27. The highest BCUT2D eigenvalue weighted by atomic mass is 15.2. The van der Waals surface area contributed by atoms with Crippen molar-refractivity contribution in [3.05, 3.63) is 11.9 Å². The third-order valence-corrected chi connectivity index (χ3v) is 4.17. The molecule has 1 unspecified atom stereocenters. The Morgan fingerprint density at radius 3 is 2.68 bits per heavy atom. The second-order valence-electron chi connectivity index (χ2n) is 6.61. The summed E-state index contributed by atoms with van der Waals surface area (Å²) in [5, 5.41) is 0. The van der Waals surface area contributed by atoms with Crippen LogP contribution in [-0.2, 0) is 6.42 Å². The average Bonchev–Trinajstić information content (AvgIpc) is 2.81. The summed E-state index contributed by atoms with van der Waals surface area (Å²) in [7, 11) is 0. The van der Waals surface area contributed by atoms with Gasteiger partial charge in [0.1, 0.15) is 18.0 Å². The number of aromatic nitrogens is 2. The minimum absolute atomic E-state index is 0.359. The molecule has 106 valence electrons. The quantitative estimate of drug-likeness (QED) is 0.910. The van der Waals surface area contributed by atoms with Gasteiger partial charge in [-0.05, 0) is 24.2 Å². The molecule has 19 heavy (non-hydrogen) atoms. The number of hydrogen-bond acceptors (Lipinski definition) is 4. The average molecular weight is 262 g/mol. The molecule has 1 aliphatic heterocycles. The molecule has 4 nitrogen and oxygen atoms in total. The van der Waals surface area contributed by atoms with Crippen LogP contribution >= 0.6 is 0 Å². The number of rotatable bonds is 3. The first-order valence-corrected chi connectivity index (χ1v) is 7.27. The molecule has 0 amide bonds. The summed E-state index contributed by atoms with van der Waals surface area (Å²) in [6.45, 7) is 11.3. The Kier molecular flexibility index (Phi) is 3.97. The van der Waals surface area contributed by atoms with Gasteiger partial charge in [0.15, 0.2) is 0 Å². The first-order valence-electron chi connectivity index (χ1n) is 7.27. The van der Waals surface area contributed by atoms with Crippen LogP contribution < -0.4 is 10.6 Å². The smallest absolute Gasteiger partial charge is 0.137 e. The van der Waals surface area contributed by atoms with Gasteiger partial charge in [-0.15, -0.1) is 0 Å². The number of anilines is 2. The lowest BCUT2D eigenvalue weighted by atomic mass is 9.80. The molecule has 2 rings (SSSR count). The van der Waals surface area contributed by atoms with Crippen molar-refractivity contribution in [3.63, 3.8) is 0 Å². The molecule has 4 heteroatoms. The summed E-state index contributed by atoms with van der Waals surface area (Å²) in [6, 6.07) is 0. The predicted octanol–water partition coefficient (Wildman–Crippen LogP) is 2.88. The van der Waals surface area contributed by atoms with Crippen LogP contribution in [0, 0.1) is 11.3 Å². The number of nitrogens with zero attached hydrogens (tertiary/aromatic N) is 3. The van der Waals surface area contributed by atoms with E-state index in [-0.39, 0.29) is 0 Å². The Balaban J connectivity index is 2.22. The van der Waals surface area contributed by atoms with Crippen molar-refractivity contribution in [2.24, 2.45) is 11.3 Å². The van der Waals surface area contributed by atoms with Crippen LogP contribution in [0.1, 0.15) is 46.1 Å². The molecule has 1 fully saturated rings. The number of nitrogen functional groups attached to an aromatic ring is 1. The topological polar surface area (TPSA) is 55.0 Å². The van der Waals surface area contributed by atoms with Crippen LogP contribution in [0.3, 0.4) is 0 Å². The standard InChI is InChI=1S/C15H26N4/c1-5-6-12-13(16)17-10-18-14(12)19-8-7-11(9-19)15(2,3)4/h10-11H,5-9H2,1-4H3,(H2,16,17,18). The number of nitrogens with two attached hydrogens (primary N) is 1. The van der Waals surface area contributed by atoms with Crippen molar-refractivity contribution in [2.75, 3.05) is 23.7 Å². The number of hydrogen-bond donors (Lipinski definition) is 1. The maximum Gasteiger partial charge on any atom is 0.137 e.